The number of carbonyl (C=O) groups is 1. The summed E-state index contributed by atoms with van der Waals surface area (Å²) in [5.41, 5.74) is 1.49. The van der Waals surface area contributed by atoms with Crippen LogP contribution in [0, 0.1) is 0 Å². The van der Waals surface area contributed by atoms with Crippen LogP contribution in [0.4, 0.5) is 5.69 Å². The van der Waals surface area contributed by atoms with E-state index in [1.54, 1.807) is 12.1 Å². The van der Waals surface area contributed by atoms with Gasteiger partial charge in [0.1, 0.15) is 0 Å². The second kappa shape index (κ2) is 7.39. The zero-order valence-electron chi connectivity index (χ0n) is 13.1. The maximum absolute atomic E-state index is 12.5. The van der Waals surface area contributed by atoms with E-state index >= 15 is 0 Å². The van der Waals surface area contributed by atoms with Gasteiger partial charge in [0.25, 0.3) is 0 Å². The molecule has 0 saturated carbocycles. The first-order valence-corrected chi connectivity index (χ1v) is 8.85. The van der Waals surface area contributed by atoms with Gasteiger partial charge < -0.3 is 5.32 Å². The van der Waals surface area contributed by atoms with Crippen molar-refractivity contribution in [1.82, 2.24) is 4.72 Å². The molecule has 0 saturated heterocycles. The number of anilines is 1. The molecule has 2 N–H and O–H groups in total. The van der Waals surface area contributed by atoms with Gasteiger partial charge in [-0.3, -0.25) is 4.79 Å². The summed E-state index contributed by atoms with van der Waals surface area (Å²) >= 11 is 0. The lowest BCUT2D eigenvalue weighted by atomic mass is 10.1. The first kappa shape index (κ1) is 17.2. The van der Waals surface area contributed by atoms with Crippen molar-refractivity contribution in [3.63, 3.8) is 0 Å². The zero-order valence-corrected chi connectivity index (χ0v) is 13.9. The Morgan fingerprint density at radius 1 is 1.04 bits per heavy atom. The number of hydrogen-bond donors (Lipinski definition) is 2. The van der Waals surface area contributed by atoms with E-state index in [1.807, 2.05) is 37.3 Å². The van der Waals surface area contributed by atoms with Gasteiger partial charge in [-0.25, -0.2) is 13.1 Å². The molecule has 1 amide bonds. The Hall–Kier alpha value is -2.18. The number of hydrogen-bond acceptors (Lipinski definition) is 3. The van der Waals surface area contributed by atoms with Crippen molar-refractivity contribution in [3.05, 3.63) is 60.2 Å². The summed E-state index contributed by atoms with van der Waals surface area (Å²) in [5.74, 6) is -0.200. The molecular weight excluding hydrogens is 312 g/mol. The Morgan fingerprint density at radius 2 is 1.65 bits per heavy atom. The van der Waals surface area contributed by atoms with Crippen molar-refractivity contribution in [3.8, 4) is 0 Å². The first-order valence-electron chi connectivity index (χ1n) is 7.37. The van der Waals surface area contributed by atoms with Crippen LogP contribution in [-0.4, -0.2) is 14.3 Å². The van der Waals surface area contributed by atoms with Crippen LogP contribution in [0.15, 0.2) is 59.5 Å². The molecule has 5 nitrogen and oxygen atoms in total. The van der Waals surface area contributed by atoms with Gasteiger partial charge in [-0.05, 0) is 36.2 Å². The third kappa shape index (κ3) is 4.64. The minimum Gasteiger partial charge on any atom is -0.326 e. The maximum atomic E-state index is 12.5. The predicted octanol–water partition coefficient (Wildman–Crippen LogP) is 3.07. The molecule has 0 aliphatic rings. The smallest absolute Gasteiger partial charge is 0.241 e. The SMILES string of the molecule is CCC(NS(=O)(=O)c1ccc(NC(C)=O)cc1)c1ccccc1. The highest BCUT2D eigenvalue weighted by Crippen LogP contribution is 2.21. The topological polar surface area (TPSA) is 75.3 Å². The van der Waals surface area contributed by atoms with Crippen LogP contribution in [0.3, 0.4) is 0 Å². The lowest BCUT2D eigenvalue weighted by molar-refractivity contribution is -0.114. The van der Waals surface area contributed by atoms with Gasteiger partial charge in [-0.1, -0.05) is 37.3 Å². The highest BCUT2D eigenvalue weighted by Gasteiger charge is 2.20. The Morgan fingerprint density at radius 3 is 2.17 bits per heavy atom. The molecule has 0 fully saturated rings. The standard InChI is InChI=1S/C17H20N2O3S/c1-3-17(14-7-5-4-6-8-14)19-23(21,22)16-11-9-15(10-12-16)18-13(2)20/h4-12,17,19H,3H2,1-2H3,(H,18,20). The van der Waals surface area contributed by atoms with Gasteiger partial charge >= 0.3 is 0 Å². The monoisotopic (exact) mass is 332 g/mol. The molecule has 0 aliphatic heterocycles. The van der Waals surface area contributed by atoms with Crippen molar-refractivity contribution in [1.29, 1.82) is 0 Å². The lowest BCUT2D eigenvalue weighted by Gasteiger charge is -2.17. The fourth-order valence-electron chi connectivity index (χ4n) is 2.25. The second-order valence-electron chi connectivity index (χ2n) is 5.20. The molecule has 0 heterocycles. The Kier molecular flexibility index (Phi) is 5.52. The summed E-state index contributed by atoms with van der Waals surface area (Å²) in [6, 6.07) is 15.3. The van der Waals surface area contributed by atoms with Crippen LogP contribution >= 0.6 is 0 Å². The quantitative estimate of drug-likeness (QED) is 0.853. The van der Waals surface area contributed by atoms with Crippen LogP contribution < -0.4 is 10.0 Å². The Balaban J connectivity index is 2.19. The molecule has 2 aromatic rings. The predicted molar refractivity (Wildman–Crippen MR) is 90.5 cm³/mol. The Bertz CT molecular complexity index is 756. The molecule has 1 unspecified atom stereocenters. The summed E-state index contributed by atoms with van der Waals surface area (Å²) < 4.78 is 27.7. The number of rotatable bonds is 6. The van der Waals surface area contributed by atoms with Gasteiger partial charge in [0, 0.05) is 18.7 Å². The summed E-state index contributed by atoms with van der Waals surface area (Å²) in [5, 5.41) is 2.61. The van der Waals surface area contributed by atoms with Crippen molar-refractivity contribution in [2.45, 2.75) is 31.2 Å². The zero-order chi connectivity index (χ0) is 16.9. The van der Waals surface area contributed by atoms with E-state index in [0.29, 0.717) is 12.1 Å². The van der Waals surface area contributed by atoms with Gasteiger partial charge in [0.2, 0.25) is 15.9 Å². The molecule has 0 radical (unpaired) electrons. The molecule has 1 atom stereocenters. The lowest BCUT2D eigenvalue weighted by Crippen LogP contribution is -2.28. The molecular formula is C17H20N2O3S. The number of sulfonamides is 1. The van der Waals surface area contributed by atoms with Gasteiger partial charge in [0.15, 0.2) is 0 Å². The summed E-state index contributed by atoms with van der Waals surface area (Å²) in [7, 11) is -3.63. The van der Waals surface area contributed by atoms with Crippen LogP contribution in [0.2, 0.25) is 0 Å². The fourth-order valence-corrected chi connectivity index (χ4v) is 3.56. The van der Waals surface area contributed by atoms with Crippen LogP contribution in [0.25, 0.3) is 0 Å². The summed E-state index contributed by atoms with van der Waals surface area (Å²) in [4.78, 5) is 11.2. The number of carbonyl (C=O) groups excluding carboxylic acids is 1. The molecule has 2 aromatic carbocycles. The molecule has 0 bridgehead atoms. The first-order chi connectivity index (χ1) is 10.9. The van der Waals surface area contributed by atoms with Gasteiger partial charge in [0.05, 0.1) is 4.90 Å². The average molecular weight is 332 g/mol. The van der Waals surface area contributed by atoms with E-state index in [-0.39, 0.29) is 16.8 Å². The maximum Gasteiger partial charge on any atom is 0.241 e. The van der Waals surface area contributed by atoms with E-state index in [4.69, 9.17) is 0 Å². The molecule has 0 aliphatic carbocycles. The minimum absolute atomic E-state index is 0.168. The van der Waals surface area contributed by atoms with Crippen molar-refractivity contribution >= 4 is 21.6 Å². The van der Waals surface area contributed by atoms with Crippen LogP contribution in [0.5, 0.6) is 0 Å². The molecule has 122 valence electrons. The highest BCUT2D eigenvalue weighted by atomic mass is 32.2. The number of benzene rings is 2. The fraction of sp³-hybridized carbons (Fsp3) is 0.235. The number of amides is 1. The highest BCUT2D eigenvalue weighted by molar-refractivity contribution is 7.89. The van der Waals surface area contributed by atoms with Crippen molar-refractivity contribution in [2.24, 2.45) is 0 Å². The molecule has 0 aromatic heterocycles. The normalized spacial score (nSPS) is 12.6. The van der Waals surface area contributed by atoms with Crippen molar-refractivity contribution in [2.75, 3.05) is 5.32 Å². The van der Waals surface area contributed by atoms with Crippen LogP contribution in [0.1, 0.15) is 31.9 Å². The molecule has 23 heavy (non-hydrogen) atoms. The summed E-state index contributed by atoms with van der Waals surface area (Å²) in [6.07, 6.45) is 0.646. The van der Waals surface area contributed by atoms with Crippen LogP contribution in [-0.2, 0) is 14.8 Å². The van der Waals surface area contributed by atoms with E-state index in [0.717, 1.165) is 5.56 Å². The van der Waals surface area contributed by atoms with Gasteiger partial charge in [-0.2, -0.15) is 0 Å². The van der Waals surface area contributed by atoms with E-state index in [2.05, 4.69) is 10.0 Å². The average Bonchev–Trinajstić information content (AvgIpc) is 2.53. The van der Waals surface area contributed by atoms with E-state index < -0.39 is 10.0 Å². The minimum atomic E-state index is -3.63. The van der Waals surface area contributed by atoms with Crippen molar-refractivity contribution < 1.29 is 13.2 Å². The molecule has 2 rings (SSSR count). The Labute approximate surface area is 136 Å². The molecule has 0 spiro atoms. The number of nitrogens with one attached hydrogen (secondary N) is 2. The largest absolute Gasteiger partial charge is 0.326 e. The molecule has 6 heteroatoms. The third-order valence-electron chi connectivity index (χ3n) is 3.39. The second-order valence-corrected chi connectivity index (χ2v) is 6.91. The van der Waals surface area contributed by atoms with E-state index in [1.165, 1.54) is 19.1 Å². The summed E-state index contributed by atoms with van der Waals surface area (Å²) in [6.45, 7) is 3.33. The van der Waals surface area contributed by atoms with E-state index in [9.17, 15) is 13.2 Å². The third-order valence-corrected chi connectivity index (χ3v) is 4.88. The van der Waals surface area contributed by atoms with Gasteiger partial charge in [-0.15, -0.1) is 0 Å².